The average molecular weight is 486 g/mol. The highest BCUT2D eigenvalue weighted by molar-refractivity contribution is 5.93. The number of primary amides is 1. The molecule has 3 N–H and O–H groups in total. The average Bonchev–Trinajstić information content (AvgIpc) is 3.24. The summed E-state index contributed by atoms with van der Waals surface area (Å²) in [6.45, 7) is 8.53. The zero-order valence-electron chi connectivity index (χ0n) is 20.9. The molecule has 1 unspecified atom stereocenters. The van der Waals surface area contributed by atoms with Gasteiger partial charge < -0.3 is 29.9 Å². The Balaban J connectivity index is 1.62. The molecular weight excluding hydrogens is 446 g/mol. The van der Waals surface area contributed by atoms with Crippen molar-refractivity contribution < 1.29 is 19.4 Å². The second-order valence-corrected chi connectivity index (χ2v) is 10.3. The summed E-state index contributed by atoms with van der Waals surface area (Å²) in [5, 5.41) is 9.17. The van der Waals surface area contributed by atoms with Gasteiger partial charge in [0.05, 0.1) is 36.2 Å². The van der Waals surface area contributed by atoms with Gasteiger partial charge in [0.2, 0.25) is 5.91 Å². The molecule has 0 spiro atoms. The number of piperidine rings is 1. The maximum Gasteiger partial charge on any atom is 0.284 e. The van der Waals surface area contributed by atoms with E-state index in [-0.39, 0.29) is 36.3 Å². The number of aliphatic hydroxyl groups excluding tert-OH is 1. The molecule has 2 fully saturated rings. The molecule has 3 heterocycles. The molecule has 9 nitrogen and oxygen atoms in total. The summed E-state index contributed by atoms with van der Waals surface area (Å²) in [7, 11) is 0. The van der Waals surface area contributed by atoms with Crippen molar-refractivity contribution in [3.8, 4) is 0 Å². The fourth-order valence-electron chi connectivity index (χ4n) is 5.69. The van der Waals surface area contributed by atoms with E-state index in [1.165, 1.54) is 0 Å². The molecule has 4 rings (SSSR count). The van der Waals surface area contributed by atoms with Gasteiger partial charge in [-0.1, -0.05) is 26.0 Å². The summed E-state index contributed by atoms with van der Waals surface area (Å²) in [5.41, 5.74) is 7.36. The first-order chi connectivity index (χ1) is 16.9. The Bertz CT molecular complexity index is 1020. The minimum absolute atomic E-state index is 0.0389. The first kappa shape index (κ1) is 25.6. The van der Waals surface area contributed by atoms with Crippen molar-refractivity contribution in [3.05, 3.63) is 30.1 Å². The quantitative estimate of drug-likeness (QED) is 0.526. The van der Waals surface area contributed by atoms with E-state index in [0.29, 0.717) is 38.6 Å². The number of fused-ring (bicyclic) bond motifs is 1. The third-order valence-corrected chi connectivity index (χ3v) is 7.11. The van der Waals surface area contributed by atoms with E-state index in [4.69, 9.17) is 10.5 Å². The van der Waals surface area contributed by atoms with E-state index in [1.807, 2.05) is 33.7 Å². The summed E-state index contributed by atoms with van der Waals surface area (Å²) >= 11 is 0. The maximum absolute atomic E-state index is 13.9. The first-order valence-corrected chi connectivity index (χ1v) is 12.9. The Hall–Kier alpha value is -2.49. The number of nitrogens with zero attached hydrogens (tertiary/aromatic N) is 4. The summed E-state index contributed by atoms with van der Waals surface area (Å²) in [4.78, 5) is 35.1. The molecule has 2 amide bonds. The van der Waals surface area contributed by atoms with Crippen LogP contribution in [0.25, 0.3) is 11.0 Å². The number of aromatic nitrogens is 2. The molecule has 0 bridgehead atoms. The molecule has 9 heteroatoms. The van der Waals surface area contributed by atoms with Crippen LogP contribution in [0.2, 0.25) is 0 Å². The third kappa shape index (κ3) is 5.85. The van der Waals surface area contributed by atoms with Crippen LogP contribution in [0.1, 0.15) is 56.2 Å². The second kappa shape index (κ2) is 11.5. The lowest BCUT2D eigenvalue weighted by atomic mass is 9.90. The summed E-state index contributed by atoms with van der Waals surface area (Å²) in [6.07, 6.45) is 3.06. The molecule has 0 radical (unpaired) electrons. The number of aliphatic hydroxyl groups is 1. The standard InChI is InChI=1S/C26H39N5O4/c1-18(2)14-29-15-19(26(34)30-10-12-35-17-20(30)7-5-6-11-32)13-21(16-29)31-23-9-4-3-8-22(23)28-25(31)24(27)33/h3-4,8-9,18-21,32H,5-7,10-17H2,1-2H3,(H2,27,33)/t19-,20?,21+/m1/s1. The van der Waals surface area contributed by atoms with Crippen LogP contribution in [0.15, 0.2) is 24.3 Å². The van der Waals surface area contributed by atoms with Gasteiger partial charge in [-0.3, -0.25) is 9.59 Å². The lowest BCUT2D eigenvalue weighted by Gasteiger charge is -2.43. The van der Waals surface area contributed by atoms with Crippen LogP contribution in [-0.2, 0) is 9.53 Å². The fraction of sp³-hybridized carbons (Fsp3) is 0.654. The Morgan fingerprint density at radius 1 is 1.23 bits per heavy atom. The van der Waals surface area contributed by atoms with Crippen LogP contribution in [-0.4, -0.2) is 88.3 Å². The molecule has 2 saturated heterocycles. The van der Waals surface area contributed by atoms with E-state index < -0.39 is 5.91 Å². The largest absolute Gasteiger partial charge is 0.396 e. The van der Waals surface area contributed by atoms with Crippen molar-refractivity contribution >= 4 is 22.8 Å². The highest BCUT2D eigenvalue weighted by Crippen LogP contribution is 2.33. The lowest BCUT2D eigenvalue weighted by molar-refractivity contribution is -0.147. The number of hydrogen-bond donors (Lipinski definition) is 2. The van der Waals surface area contributed by atoms with Crippen molar-refractivity contribution in [2.75, 3.05) is 46.0 Å². The molecule has 1 aromatic carbocycles. The molecule has 2 aliphatic heterocycles. The van der Waals surface area contributed by atoms with Crippen LogP contribution in [0.3, 0.4) is 0 Å². The molecule has 192 valence electrons. The Kier molecular flexibility index (Phi) is 8.41. The van der Waals surface area contributed by atoms with Gasteiger partial charge in [-0.15, -0.1) is 0 Å². The van der Waals surface area contributed by atoms with Crippen LogP contribution in [0.5, 0.6) is 0 Å². The predicted molar refractivity (Wildman–Crippen MR) is 134 cm³/mol. The highest BCUT2D eigenvalue weighted by Gasteiger charge is 2.39. The third-order valence-electron chi connectivity index (χ3n) is 7.11. The number of para-hydroxylation sites is 2. The number of hydrogen-bond acceptors (Lipinski definition) is 6. The number of likely N-dealkylation sites (tertiary alicyclic amines) is 1. The van der Waals surface area contributed by atoms with Crippen molar-refractivity contribution in [3.63, 3.8) is 0 Å². The monoisotopic (exact) mass is 485 g/mol. The van der Waals surface area contributed by atoms with E-state index in [2.05, 4.69) is 23.7 Å². The number of carbonyl (C=O) groups excluding carboxylic acids is 2. The maximum atomic E-state index is 13.9. The van der Waals surface area contributed by atoms with Crippen molar-refractivity contribution in [1.82, 2.24) is 19.4 Å². The molecular formula is C26H39N5O4. The summed E-state index contributed by atoms with van der Waals surface area (Å²) in [6, 6.07) is 7.65. The number of rotatable bonds is 9. The number of ether oxygens (including phenoxy) is 1. The number of morpholine rings is 1. The van der Waals surface area contributed by atoms with Crippen LogP contribution < -0.4 is 5.73 Å². The van der Waals surface area contributed by atoms with E-state index in [9.17, 15) is 14.7 Å². The van der Waals surface area contributed by atoms with Gasteiger partial charge >= 0.3 is 0 Å². The molecule has 35 heavy (non-hydrogen) atoms. The summed E-state index contributed by atoms with van der Waals surface area (Å²) < 4.78 is 7.65. The molecule has 0 saturated carbocycles. The van der Waals surface area contributed by atoms with Gasteiger partial charge in [0.25, 0.3) is 5.91 Å². The van der Waals surface area contributed by atoms with Gasteiger partial charge in [-0.2, -0.15) is 0 Å². The number of unbranched alkanes of at least 4 members (excludes halogenated alkanes) is 1. The minimum atomic E-state index is -0.554. The van der Waals surface area contributed by atoms with Crippen molar-refractivity contribution in [2.45, 2.75) is 51.6 Å². The molecule has 2 aliphatic rings. The van der Waals surface area contributed by atoms with Gasteiger partial charge in [-0.25, -0.2) is 4.98 Å². The zero-order valence-corrected chi connectivity index (χ0v) is 20.9. The van der Waals surface area contributed by atoms with Crippen molar-refractivity contribution in [2.24, 2.45) is 17.6 Å². The highest BCUT2D eigenvalue weighted by atomic mass is 16.5. The van der Waals surface area contributed by atoms with E-state index >= 15 is 0 Å². The van der Waals surface area contributed by atoms with E-state index in [0.717, 1.165) is 43.4 Å². The molecule has 0 aliphatic carbocycles. The number of nitrogens with two attached hydrogens (primary N) is 1. The second-order valence-electron chi connectivity index (χ2n) is 10.3. The Morgan fingerprint density at radius 3 is 2.77 bits per heavy atom. The number of carbonyl (C=O) groups is 2. The van der Waals surface area contributed by atoms with Gasteiger partial charge in [-0.05, 0) is 43.7 Å². The van der Waals surface area contributed by atoms with Crippen molar-refractivity contribution in [1.29, 1.82) is 0 Å². The van der Waals surface area contributed by atoms with Crippen LogP contribution >= 0.6 is 0 Å². The number of imidazole rings is 1. The summed E-state index contributed by atoms with van der Waals surface area (Å²) in [5.74, 6) is 0.122. The SMILES string of the molecule is CC(C)CN1C[C@H](C(=O)N2CCOCC2CCCCO)C[C@H](n2c(C(N)=O)nc3ccccc32)C1. The van der Waals surface area contributed by atoms with E-state index in [1.54, 1.807) is 0 Å². The van der Waals surface area contributed by atoms with Gasteiger partial charge in [0, 0.05) is 38.8 Å². The van der Waals surface area contributed by atoms with Crippen LogP contribution in [0.4, 0.5) is 0 Å². The zero-order chi connectivity index (χ0) is 24.9. The van der Waals surface area contributed by atoms with Gasteiger partial charge in [0.15, 0.2) is 5.82 Å². The van der Waals surface area contributed by atoms with Crippen LogP contribution in [0, 0.1) is 11.8 Å². The normalized spacial score (nSPS) is 23.8. The Labute approximate surface area is 207 Å². The molecule has 1 aromatic heterocycles. The smallest absolute Gasteiger partial charge is 0.284 e. The Morgan fingerprint density at radius 2 is 2.03 bits per heavy atom. The van der Waals surface area contributed by atoms with Gasteiger partial charge in [0.1, 0.15) is 0 Å². The molecule has 2 aromatic rings. The first-order valence-electron chi connectivity index (χ1n) is 12.9. The molecule has 3 atom stereocenters. The fourth-order valence-corrected chi connectivity index (χ4v) is 5.69. The topological polar surface area (TPSA) is 114 Å². The predicted octanol–water partition coefficient (Wildman–Crippen LogP) is 2.04. The number of benzene rings is 1. The number of amides is 2. The lowest BCUT2D eigenvalue weighted by Crippen LogP contribution is -2.54. The minimum Gasteiger partial charge on any atom is -0.396 e.